The molecular formula is C13H12N2O5. The molecule has 7 nitrogen and oxygen atoms in total. The van der Waals surface area contributed by atoms with Crippen molar-refractivity contribution in [3.8, 4) is 11.5 Å². The summed E-state index contributed by atoms with van der Waals surface area (Å²) in [6, 6.07) is 7.49. The third-order valence-electron chi connectivity index (χ3n) is 3.02. The van der Waals surface area contributed by atoms with Gasteiger partial charge in [-0.3, -0.25) is 10.1 Å². The fourth-order valence-electron chi connectivity index (χ4n) is 2.03. The van der Waals surface area contributed by atoms with Gasteiger partial charge in [0.05, 0.1) is 12.1 Å². The molecule has 0 saturated carbocycles. The molecule has 1 atom stereocenters. The minimum Gasteiger partial charge on any atom is -0.486 e. The molecule has 0 radical (unpaired) electrons. The van der Waals surface area contributed by atoms with Gasteiger partial charge in [-0.15, -0.1) is 0 Å². The van der Waals surface area contributed by atoms with Crippen LogP contribution in [0, 0.1) is 10.1 Å². The highest BCUT2D eigenvalue weighted by Gasteiger charge is 2.20. The first-order valence-electron chi connectivity index (χ1n) is 6.04. The summed E-state index contributed by atoms with van der Waals surface area (Å²) in [6.45, 7) is 1.00. The van der Waals surface area contributed by atoms with Gasteiger partial charge < -0.3 is 19.6 Å². The van der Waals surface area contributed by atoms with Gasteiger partial charge in [-0.25, -0.2) is 0 Å². The topological polar surface area (TPSA) is 101 Å². The zero-order valence-corrected chi connectivity index (χ0v) is 10.4. The van der Waals surface area contributed by atoms with Gasteiger partial charge in [0.15, 0.2) is 11.5 Å². The molecule has 104 valence electrons. The fourth-order valence-corrected chi connectivity index (χ4v) is 2.03. The van der Waals surface area contributed by atoms with E-state index < -0.39 is 11.0 Å². The van der Waals surface area contributed by atoms with Gasteiger partial charge in [-0.1, -0.05) is 6.07 Å². The molecule has 1 aliphatic heterocycles. The number of nitro groups is 1. The number of nitrogens with zero attached hydrogens (tertiary/aromatic N) is 1. The summed E-state index contributed by atoms with van der Waals surface area (Å²) in [4.78, 5) is 10.0. The molecule has 0 bridgehead atoms. The van der Waals surface area contributed by atoms with Crippen molar-refractivity contribution < 1.29 is 18.8 Å². The van der Waals surface area contributed by atoms with Crippen LogP contribution in [0.15, 0.2) is 34.7 Å². The summed E-state index contributed by atoms with van der Waals surface area (Å²) in [5.74, 6) is 1.28. The molecule has 1 aliphatic rings. The van der Waals surface area contributed by atoms with Crippen molar-refractivity contribution in [2.75, 3.05) is 13.2 Å². The van der Waals surface area contributed by atoms with Crippen molar-refractivity contribution >= 4 is 5.88 Å². The number of ether oxygens (including phenoxy) is 2. The first kappa shape index (κ1) is 12.5. The normalized spacial score (nSPS) is 14.8. The predicted molar refractivity (Wildman–Crippen MR) is 68.8 cm³/mol. The molecule has 0 spiro atoms. The standard InChI is InChI=1S/C13H12N2O5/c14-13(10-3-4-12(20-10)15(16)17)8-1-2-9-11(7-8)19-6-5-18-9/h1-4,7,13H,5-6,14H2. The Balaban J connectivity index is 1.89. The van der Waals surface area contributed by atoms with Gasteiger partial charge in [0.1, 0.15) is 23.9 Å². The highest BCUT2D eigenvalue weighted by Crippen LogP contribution is 2.34. The smallest absolute Gasteiger partial charge is 0.433 e. The van der Waals surface area contributed by atoms with Gasteiger partial charge in [-0.2, -0.15) is 0 Å². The molecule has 1 aromatic carbocycles. The molecule has 2 N–H and O–H groups in total. The summed E-state index contributed by atoms with van der Waals surface area (Å²) in [7, 11) is 0. The Morgan fingerprint density at radius 2 is 1.90 bits per heavy atom. The minimum absolute atomic E-state index is 0.326. The molecule has 3 rings (SSSR count). The molecular weight excluding hydrogens is 264 g/mol. The second kappa shape index (κ2) is 4.86. The van der Waals surface area contributed by atoms with Crippen LogP contribution in [0.1, 0.15) is 17.4 Å². The van der Waals surface area contributed by atoms with E-state index in [9.17, 15) is 10.1 Å². The van der Waals surface area contributed by atoms with E-state index in [1.54, 1.807) is 18.2 Å². The average Bonchev–Trinajstić information content (AvgIpc) is 2.96. The van der Waals surface area contributed by atoms with E-state index in [4.69, 9.17) is 19.6 Å². The Morgan fingerprint density at radius 1 is 1.15 bits per heavy atom. The van der Waals surface area contributed by atoms with E-state index in [2.05, 4.69) is 0 Å². The number of nitrogens with two attached hydrogens (primary N) is 1. The van der Waals surface area contributed by atoms with Crippen molar-refractivity contribution in [2.24, 2.45) is 5.73 Å². The van der Waals surface area contributed by atoms with Crippen molar-refractivity contribution in [1.82, 2.24) is 0 Å². The van der Waals surface area contributed by atoms with Gasteiger partial charge >= 0.3 is 5.88 Å². The summed E-state index contributed by atoms with van der Waals surface area (Å²) >= 11 is 0. The average molecular weight is 276 g/mol. The quantitative estimate of drug-likeness (QED) is 0.679. The highest BCUT2D eigenvalue weighted by atomic mass is 16.6. The van der Waals surface area contributed by atoms with Crippen LogP contribution in [-0.2, 0) is 0 Å². The summed E-state index contributed by atoms with van der Waals surface area (Å²) < 4.78 is 16.0. The molecule has 2 aromatic rings. The first-order valence-corrected chi connectivity index (χ1v) is 6.04. The lowest BCUT2D eigenvalue weighted by atomic mass is 10.0. The van der Waals surface area contributed by atoms with Crippen molar-refractivity contribution in [3.05, 3.63) is 51.8 Å². The SMILES string of the molecule is NC(c1ccc2c(c1)OCCO2)c1ccc([N+](=O)[O-])o1. The van der Waals surface area contributed by atoms with Gasteiger partial charge in [0.2, 0.25) is 0 Å². The lowest BCUT2D eigenvalue weighted by molar-refractivity contribution is -0.402. The monoisotopic (exact) mass is 276 g/mol. The maximum atomic E-state index is 10.6. The number of fused-ring (bicyclic) bond motifs is 1. The number of benzene rings is 1. The van der Waals surface area contributed by atoms with E-state index in [0.29, 0.717) is 30.5 Å². The second-order valence-corrected chi connectivity index (χ2v) is 4.31. The number of furan rings is 1. The van der Waals surface area contributed by atoms with Crippen LogP contribution < -0.4 is 15.2 Å². The van der Waals surface area contributed by atoms with Gasteiger partial charge in [0.25, 0.3) is 0 Å². The maximum Gasteiger partial charge on any atom is 0.433 e. The lowest BCUT2D eigenvalue weighted by Crippen LogP contribution is -2.17. The van der Waals surface area contributed by atoms with E-state index in [1.807, 2.05) is 0 Å². The van der Waals surface area contributed by atoms with Crippen LogP contribution in [0.2, 0.25) is 0 Å². The Hall–Kier alpha value is -2.54. The molecule has 0 fully saturated rings. The van der Waals surface area contributed by atoms with Crippen molar-refractivity contribution in [1.29, 1.82) is 0 Å². The van der Waals surface area contributed by atoms with Crippen LogP contribution in [0.4, 0.5) is 5.88 Å². The van der Waals surface area contributed by atoms with Crippen LogP contribution in [0.5, 0.6) is 11.5 Å². The van der Waals surface area contributed by atoms with Crippen molar-refractivity contribution in [3.63, 3.8) is 0 Å². The summed E-state index contributed by atoms with van der Waals surface area (Å²) in [5.41, 5.74) is 6.78. The maximum absolute atomic E-state index is 10.6. The van der Waals surface area contributed by atoms with Crippen molar-refractivity contribution in [2.45, 2.75) is 6.04 Å². The fraction of sp³-hybridized carbons (Fsp3) is 0.231. The van der Waals surface area contributed by atoms with E-state index in [1.165, 1.54) is 12.1 Å². The lowest BCUT2D eigenvalue weighted by Gasteiger charge is -2.20. The first-order chi connectivity index (χ1) is 9.65. The highest BCUT2D eigenvalue weighted by molar-refractivity contribution is 5.46. The molecule has 20 heavy (non-hydrogen) atoms. The van der Waals surface area contributed by atoms with E-state index in [0.717, 1.165) is 5.56 Å². The number of rotatable bonds is 3. The molecule has 0 amide bonds. The Bertz CT molecular complexity index is 652. The Kier molecular flexibility index (Phi) is 3.03. The predicted octanol–water partition coefficient (Wildman–Crippen LogP) is 2.01. The Morgan fingerprint density at radius 3 is 2.60 bits per heavy atom. The molecule has 2 heterocycles. The number of hydrogen-bond donors (Lipinski definition) is 1. The summed E-state index contributed by atoms with van der Waals surface area (Å²) in [5, 5.41) is 10.6. The third kappa shape index (κ3) is 2.19. The zero-order chi connectivity index (χ0) is 14.1. The Labute approximate surface area is 114 Å². The van der Waals surface area contributed by atoms with Gasteiger partial charge in [-0.05, 0) is 23.8 Å². The van der Waals surface area contributed by atoms with Crippen LogP contribution in [0.25, 0.3) is 0 Å². The van der Waals surface area contributed by atoms with Crippen LogP contribution in [-0.4, -0.2) is 18.1 Å². The summed E-state index contributed by atoms with van der Waals surface area (Å²) in [6.07, 6.45) is 0. The molecule has 1 unspecified atom stereocenters. The van der Waals surface area contributed by atoms with E-state index in [-0.39, 0.29) is 5.88 Å². The van der Waals surface area contributed by atoms with Crippen LogP contribution >= 0.6 is 0 Å². The van der Waals surface area contributed by atoms with Gasteiger partial charge in [0, 0.05) is 0 Å². The minimum atomic E-state index is -0.598. The second-order valence-electron chi connectivity index (χ2n) is 4.31. The van der Waals surface area contributed by atoms with E-state index >= 15 is 0 Å². The number of hydrogen-bond acceptors (Lipinski definition) is 6. The zero-order valence-electron chi connectivity index (χ0n) is 10.4. The molecule has 1 aromatic heterocycles. The largest absolute Gasteiger partial charge is 0.486 e. The third-order valence-corrected chi connectivity index (χ3v) is 3.02. The molecule has 0 saturated heterocycles. The van der Waals surface area contributed by atoms with Crippen LogP contribution in [0.3, 0.4) is 0 Å². The molecule has 7 heteroatoms. The molecule has 0 aliphatic carbocycles.